The topological polar surface area (TPSA) is 131 Å². The number of piperidine rings is 1. The average molecular weight is 516 g/mol. The van der Waals surface area contributed by atoms with Crippen molar-refractivity contribution in [2.75, 3.05) is 32.8 Å². The molecule has 0 aliphatic carbocycles. The second kappa shape index (κ2) is 12.4. The van der Waals surface area contributed by atoms with Gasteiger partial charge in [-0.2, -0.15) is 16.1 Å². The number of thioether (sulfide) groups is 1. The fourth-order valence-corrected chi connectivity index (χ4v) is 5.72. The Morgan fingerprint density at radius 2 is 1.82 bits per heavy atom. The quantitative estimate of drug-likeness (QED) is 0.442. The first kappa shape index (κ1) is 27.9. The van der Waals surface area contributed by atoms with Crippen molar-refractivity contribution in [2.45, 2.75) is 49.7 Å². The van der Waals surface area contributed by atoms with E-state index in [1.54, 1.807) is 20.1 Å². The molecule has 12 heteroatoms. The van der Waals surface area contributed by atoms with E-state index in [1.165, 1.54) is 50.2 Å². The Morgan fingerprint density at radius 3 is 2.35 bits per heavy atom. The van der Waals surface area contributed by atoms with Crippen molar-refractivity contribution in [1.82, 2.24) is 14.9 Å². The summed E-state index contributed by atoms with van der Waals surface area (Å²) in [5.41, 5.74) is 0. The summed E-state index contributed by atoms with van der Waals surface area (Å²) in [6, 6.07) is 3.46. The van der Waals surface area contributed by atoms with Crippen LogP contribution < -0.4 is 15.4 Å². The molecule has 10 nitrogen and oxygen atoms in total. The highest BCUT2D eigenvalue weighted by Gasteiger charge is 2.42. The number of nitrogens with one attached hydrogen (secondary N) is 2. The molecule has 190 valence electrons. The summed E-state index contributed by atoms with van der Waals surface area (Å²) in [6.07, 6.45) is 2.23. The fraction of sp³-hybridized carbons (Fsp3) is 0.591. The Hall–Kier alpha value is -2.31. The maximum Gasteiger partial charge on any atom is 0.328 e. The third-order valence-corrected chi connectivity index (χ3v) is 8.06. The van der Waals surface area contributed by atoms with E-state index >= 15 is 0 Å². The first-order valence-electron chi connectivity index (χ1n) is 10.9. The highest BCUT2D eigenvalue weighted by Crippen LogP contribution is 2.27. The van der Waals surface area contributed by atoms with Gasteiger partial charge in [0.1, 0.15) is 17.8 Å². The molecule has 2 rings (SSSR count). The largest absolute Gasteiger partial charge is 0.497 e. The Labute approximate surface area is 205 Å². The first-order chi connectivity index (χ1) is 16.0. The van der Waals surface area contributed by atoms with Gasteiger partial charge in [0.25, 0.3) is 0 Å². The number of ether oxygens (including phenoxy) is 2. The van der Waals surface area contributed by atoms with Crippen LogP contribution in [0.1, 0.15) is 26.7 Å². The van der Waals surface area contributed by atoms with Crippen molar-refractivity contribution in [3.05, 3.63) is 24.3 Å². The van der Waals surface area contributed by atoms with E-state index in [2.05, 4.69) is 10.6 Å². The van der Waals surface area contributed by atoms with Crippen LogP contribution in [0.15, 0.2) is 29.2 Å². The number of hydrogen-bond donors (Lipinski definition) is 2. The molecule has 1 aromatic carbocycles. The van der Waals surface area contributed by atoms with Crippen molar-refractivity contribution in [1.29, 1.82) is 0 Å². The van der Waals surface area contributed by atoms with Gasteiger partial charge in [0.15, 0.2) is 0 Å². The van der Waals surface area contributed by atoms with Gasteiger partial charge in [-0.05, 0) is 49.3 Å². The minimum absolute atomic E-state index is 0.0179. The number of nitrogens with zero attached hydrogens (tertiary/aromatic N) is 1. The molecule has 0 radical (unpaired) electrons. The molecule has 1 aliphatic heterocycles. The Morgan fingerprint density at radius 1 is 1.18 bits per heavy atom. The Kier molecular flexibility index (Phi) is 10.2. The zero-order chi connectivity index (χ0) is 25.5. The van der Waals surface area contributed by atoms with Crippen LogP contribution in [0, 0.1) is 5.92 Å². The molecule has 34 heavy (non-hydrogen) atoms. The third kappa shape index (κ3) is 6.86. The van der Waals surface area contributed by atoms with E-state index in [9.17, 15) is 22.8 Å². The van der Waals surface area contributed by atoms with Gasteiger partial charge in [0.2, 0.25) is 21.8 Å². The lowest BCUT2D eigenvalue weighted by molar-refractivity contribution is -0.147. The van der Waals surface area contributed by atoms with Gasteiger partial charge in [0, 0.05) is 12.6 Å². The number of esters is 1. The van der Waals surface area contributed by atoms with E-state index in [-0.39, 0.29) is 41.5 Å². The summed E-state index contributed by atoms with van der Waals surface area (Å²) in [5.74, 6) is -0.930. The number of benzene rings is 1. The summed E-state index contributed by atoms with van der Waals surface area (Å²) >= 11 is 1.37. The molecule has 0 bridgehead atoms. The molecule has 1 aliphatic rings. The van der Waals surface area contributed by atoms with E-state index in [1.807, 2.05) is 0 Å². The standard InChI is InChI=1S/C22H33N3O7S2/c1-14(2)20(22(28)32-4)24-21(27)18-12-15(23-19(26)13-33-5)10-11-25(18)34(29,30)17-8-6-16(31-3)7-9-17/h6-9,14-15,18,20H,10-13H2,1-5H3,(H,23,26)(H,24,27)/t15-,18+,20+/m0/s1. The molecule has 0 aromatic heterocycles. The highest BCUT2D eigenvalue weighted by molar-refractivity contribution is 7.99. The zero-order valence-corrected chi connectivity index (χ0v) is 21.7. The van der Waals surface area contributed by atoms with Crippen molar-refractivity contribution in [3.8, 4) is 5.75 Å². The summed E-state index contributed by atoms with van der Waals surface area (Å²) in [7, 11) is -1.34. The molecule has 0 saturated carbocycles. The van der Waals surface area contributed by atoms with E-state index < -0.39 is 34.0 Å². The number of rotatable bonds is 10. The van der Waals surface area contributed by atoms with Crippen LogP contribution in [0.3, 0.4) is 0 Å². The number of amides is 2. The monoisotopic (exact) mass is 515 g/mol. The first-order valence-corrected chi connectivity index (χ1v) is 13.7. The van der Waals surface area contributed by atoms with E-state index in [4.69, 9.17) is 9.47 Å². The summed E-state index contributed by atoms with van der Waals surface area (Å²) in [4.78, 5) is 37.6. The van der Waals surface area contributed by atoms with Crippen molar-refractivity contribution >= 4 is 39.6 Å². The number of carbonyl (C=O) groups is 3. The second-order valence-corrected chi connectivity index (χ2v) is 11.0. The summed E-state index contributed by atoms with van der Waals surface area (Å²) in [5, 5.41) is 5.52. The van der Waals surface area contributed by atoms with Crippen molar-refractivity contribution in [3.63, 3.8) is 0 Å². The predicted molar refractivity (Wildman–Crippen MR) is 129 cm³/mol. The Bertz CT molecular complexity index is 967. The molecule has 1 saturated heterocycles. The molecular weight excluding hydrogens is 482 g/mol. The highest BCUT2D eigenvalue weighted by atomic mass is 32.2. The molecule has 0 unspecified atom stereocenters. The third-order valence-electron chi connectivity index (χ3n) is 5.58. The van der Waals surface area contributed by atoms with Gasteiger partial charge in [-0.25, -0.2) is 13.2 Å². The van der Waals surface area contributed by atoms with Gasteiger partial charge in [-0.1, -0.05) is 13.8 Å². The number of hydrogen-bond acceptors (Lipinski definition) is 8. The predicted octanol–water partition coefficient (Wildman–Crippen LogP) is 1.01. The van der Waals surface area contributed by atoms with Gasteiger partial charge >= 0.3 is 5.97 Å². The average Bonchev–Trinajstić information content (AvgIpc) is 2.81. The van der Waals surface area contributed by atoms with Gasteiger partial charge in [-0.3, -0.25) is 9.59 Å². The molecule has 1 aromatic rings. The minimum Gasteiger partial charge on any atom is -0.497 e. The fourth-order valence-electron chi connectivity index (χ4n) is 3.76. The molecule has 1 fully saturated rings. The molecular formula is C22H33N3O7S2. The van der Waals surface area contributed by atoms with Crippen LogP contribution in [0.5, 0.6) is 5.75 Å². The van der Waals surface area contributed by atoms with Crippen LogP contribution in [0.4, 0.5) is 0 Å². The zero-order valence-electron chi connectivity index (χ0n) is 20.1. The van der Waals surface area contributed by atoms with Crippen molar-refractivity contribution in [2.24, 2.45) is 5.92 Å². The van der Waals surface area contributed by atoms with Gasteiger partial charge in [-0.15, -0.1) is 0 Å². The number of carbonyl (C=O) groups excluding carboxylic acids is 3. The SMILES string of the molecule is COC(=O)[C@H](NC(=O)[C@H]1C[C@@H](NC(=O)CSC)CCN1S(=O)(=O)c1ccc(OC)cc1)C(C)C. The summed E-state index contributed by atoms with van der Waals surface area (Å²) < 4.78 is 38.0. The summed E-state index contributed by atoms with van der Waals surface area (Å²) in [6.45, 7) is 3.53. The minimum atomic E-state index is -4.04. The lowest BCUT2D eigenvalue weighted by atomic mass is 9.97. The lowest BCUT2D eigenvalue weighted by Crippen LogP contribution is -2.59. The molecule has 0 spiro atoms. The van der Waals surface area contributed by atoms with E-state index in [0.29, 0.717) is 12.2 Å². The van der Waals surface area contributed by atoms with Crippen LogP contribution in [0.2, 0.25) is 0 Å². The molecule has 1 heterocycles. The van der Waals surface area contributed by atoms with Crippen LogP contribution >= 0.6 is 11.8 Å². The van der Waals surface area contributed by atoms with E-state index in [0.717, 1.165) is 4.31 Å². The second-order valence-electron chi connectivity index (χ2n) is 8.28. The van der Waals surface area contributed by atoms with Crippen LogP contribution in [-0.2, 0) is 29.1 Å². The smallest absolute Gasteiger partial charge is 0.328 e. The van der Waals surface area contributed by atoms with Crippen molar-refractivity contribution < 1.29 is 32.3 Å². The van der Waals surface area contributed by atoms with Gasteiger partial charge < -0.3 is 20.1 Å². The van der Waals surface area contributed by atoms with Gasteiger partial charge in [0.05, 0.1) is 24.9 Å². The van der Waals surface area contributed by atoms with Crippen LogP contribution in [0.25, 0.3) is 0 Å². The number of methoxy groups -OCH3 is 2. The maximum atomic E-state index is 13.5. The maximum absolute atomic E-state index is 13.5. The molecule has 2 N–H and O–H groups in total. The Balaban J connectivity index is 2.35. The molecule has 2 amide bonds. The molecule has 3 atom stereocenters. The van der Waals surface area contributed by atoms with Crippen LogP contribution in [-0.4, -0.2) is 81.4 Å². The normalized spacial score (nSPS) is 19.8. The lowest BCUT2D eigenvalue weighted by Gasteiger charge is -2.38. The number of sulfonamides is 1.